The SMILES string of the molecule is CCc1ccc(CNC(=O)CN(C)CCC(=O)O)s1. The first kappa shape index (κ1) is 15.7. The Morgan fingerprint density at radius 2 is 2.05 bits per heavy atom. The van der Waals surface area contributed by atoms with Gasteiger partial charge in [-0.3, -0.25) is 14.5 Å². The molecule has 0 aromatic carbocycles. The number of hydrogen-bond acceptors (Lipinski definition) is 4. The molecule has 5 nitrogen and oxygen atoms in total. The van der Waals surface area contributed by atoms with Gasteiger partial charge < -0.3 is 10.4 Å². The van der Waals surface area contributed by atoms with Crippen LogP contribution < -0.4 is 5.32 Å². The van der Waals surface area contributed by atoms with E-state index in [0.717, 1.165) is 11.3 Å². The zero-order valence-corrected chi connectivity index (χ0v) is 12.1. The van der Waals surface area contributed by atoms with Crippen LogP contribution in [0.4, 0.5) is 0 Å². The van der Waals surface area contributed by atoms with Crippen molar-refractivity contribution in [1.29, 1.82) is 0 Å². The first-order valence-electron chi connectivity index (χ1n) is 6.26. The van der Waals surface area contributed by atoms with Crippen LogP contribution in [0.15, 0.2) is 12.1 Å². The zero-order valence-electron chi connectivity index (χ0n) is 11.3. The first-order valence-corrected chi connectivity index (χ1v) is 7.07. The lowest BCUT2D eigenvalue weighted by atomic mass is 10.3. The van der Waals surface area contributed by atoms with Crippen LogP contribution in [0.25, 0.3) is 0 Å². The third kappa shape index (κ3) is 6.35. The highest BCUT2D eigenvalue weighted by molar-refractivity contribution is 7.11. The molecule has 0 saturated heterocycles. The van der Waals surface area contributed by atoms with E-state index in [4.69, 9.17) is 5.11 Å². The molecule has 1 aromatic heterocycles. The van der Waals surface area contributed by atoms with Crippen LogP contribution in [0.5, 0.6) is 0 Å². The number of carbonyl (C=O) groups is 2. The number of nitrogens with zero attached hydrogens (tertiary/aromatic N) is 1. The molecule has 0 atom stereocenters. The van der Waals surface area contributed by atoms with E-state index in [-0.39, 0.29) is 18.9 Å². The Morgan fingerprint density at radius 1 is 1.37 bits per heavy atom. The molecular weight excluding hydrogens is 264 g/mol. The highest BCUT2D eigenvalue weighted by Crippen LogP contribution is 2.16. The molecule has 1 amide bonds. The van der Waals surface area contributed by atoms with Crippen molar-refractivity contribution in [3.8, 4) is 0 Å². The predicted octanol–water partition coefficient (Wildman–Crippen LogP) is 1.33. The van der Waals surface area contributed by atoms with Crippen molar-refractivity contribution in [2.45, 2.75) is 26.3 Å². The number of nitrogens with one attached hydrogen (secondary N) is 1. The molecule has 0 aliphatic heterocycles. The summed E-state index contributed by atoms with van der Waals surface area (Å²) in [5, 5.41) is 11.4. The van der Waals surface area contributed by atoms with Gasteiger partial charge in [-0.05, 0) is 25.6 Å². The molecule has 0 unspecified atom stereocenters. The predicted molar refractivity (Wildman–Crippen MR) is 75.3 cm³/mol. The monoisotopic (exact) mass is 284 g/mol. The van der Waals surface area contributed by atoms with Gasteiger partial charge in [0.15, 0.2) is 0 Å². The molecule has 2 N–H and O–H groups in total. The number of amides is 1. The highest BCUT2D eigenvalue weighted by atomic mass is 32.1. The van der Waals surface area contributed by atoms with E-state index in [2.05, 4.69) is 18.3 Å². The lowest BCUT2D eigenvalue weighted by Crippen LogP contribution is -2.35. The van der Waals surface area contributed by atoms with E-state index >= 15 is 0 Å². The van der Waals surface area contributed by atoms with Gasteiger partial charge in [-0.15, -0.1) is 11.3 Å². The maximum Gasteiger partial charge on any atom is 0.304 e. The van der Waals surface area contributed by atoms with Gasteiger partial charge in [0.1, 0.15) is 0 Å². The van der Waals surface area contributed by atoms with E-state index < -0.39 is 5.97 Å². The molecule has 1 aromatic rings. The van der Waals surface area contributed by atoms with Crippen LogP contribution in [-0.4, -0.2) is 42.0 Å². The molecule has 6 heteroatoms. The summed E-state index contributed by atoms with van der Waals surface area (Å²) in [5.41, 5.74) is 0. The normalized spacial score (nSPS) is 10.7. The zero-order chi connectivity index (χ0) is 14.3. The molecule has 0 radical (unpaired) electrons. The van der Waals surface area contributed by atoms with Gasteiger partial charge in [-0.2, -0.15) is 0 Å². The second-order valence-corrected chi connectivity index (χ2v) is 5.63. The van der Waals surface area contributed by atoms with Gasteiger partial charge >= 0.3 is 5.97 Å². The van der Waals surface area contributed by atoms with Crippen molar-refractivity contribution in [2.24, 2.45) is 0 Å². The Bertz CT molecular complexity index is 431. The van der Waals surface area contributed by atoms with Crippen LogP contribution in [0.3, 0.4) is 0 Å². The minimum atomic E-state index is -0.849. The lowest BCUT2D eigenvalue weighted by molar-refractivity contribution is -0.137. The minimum absolute atomic E-state index is 0.0502. The van der Waals surface area contributed by atoms with Gasteiger partial charge in [0.05, 0.1) is 19.5 Å². The summed E-state index contributed by atoms with van der Waals surface area (Å²) in [6.07, 6.45) is 1.06. The molecule has 0 saturated carbocycles. The number of rotatable bonds is 8. The fourth-order valence-corrected chi connectivity index (χ4v) is 2.46. The summed E-state index contributed by atoms with van der Waals surface area (Å²) < 4.78 is 0. The molecule has 1 rings (SSSR count). The van der Waals surface area contributed by atoms with Gasteiger partial charge in [0, 0.05) is 16.3 Å². The van der Waals surface area contributed by atoms with Crippen LogP contribution in [0, 0.1) is 0 Å². The van der Waals surface area contributed by atoms with E-state index in [1.54, 1.807) is 23.3 Å². The maximum absolute atomic E-state index is 11.7. The van der Waals surface area contributed by atoms with Gasteiger partial charge in [0.2, 0.25) is 5.91 Å². The van der Waals surface area contributed by atoms with E-state index in [1.165, 1.54) is 4.88 Å². The first-order chi connectivity index (χ1) is 9.01. The standard InChI is InChI=1S/C13H20N2O3S/c1-3-10-4-5-11(19-10)8-14-12(16)9-15(2)7-6-13(17)18/h4-5H,3,6-9H2,1-2H3,(H,14,16)(H,17,18). The summed E-state index contributed by atoms with van der Waals surface area (Å²) in [5.74, 6) is -0.933. The number of hydrogen-bond donors (Lipinski definition) is 2. The quantitative estimate of drug-likeness (QED) is 0.755. The van der Waals surface area contributed by atoms with Crippen molar-refractivity contribution in [1.82, 2.24) is 10.2 Å². The van der Waals surface area contributed by atoms with E-state index in [1.807, 2.05) is 6.07 Å². The largest absolute Gasteiger partial charge is 0.481 e. The number of carboxylic acids is 1. The average Bonchev–Trinajstić information content (AvgIpc) is 2.82. The second-order valence-electron chi connectivity index (χ2n) is 4.38. The topological polar surface area (TPSA) is 69.6 Å². The smallest absolute Gasteiger partial charge is 0.304 e. The van der Waals surface area contributed by atoms with Crippen LogP contribution in [0.2, 0.25) is 0 Å². The minimum Gasteiger partial charge on any atom is -0.481 e. The number of aryl methyl sites for hydroxylation is 1. The Morgan fingerprint density at radius 3 is 2.63 bits per heavy atom. The molecule has 0 fully saturated rings. The van der Waals surface area contributed by atoms with Crippen molar-refractivity contribution in [3.63, 3.8) is 0 Å². The molecule has 0 spiro atoms. The van der Waals surface area contributed by atoms with E-state index in [0.29, 0.717) is 13.1 Å². The molecule has 1 heterocycles. The fraction of sp³-hybridized carbons (Fsp3) is 0.538. The van der Waals surface area contributed by atoms with Crippen LogP contribution in [-0.2, 0) is 22.6 Å². The molecular formula is C13H20N2O3S. The third-order valence-electron chi connectivity index (χ3n) is 2.65. The number of likely N-dealkylation sites (N-methyl/N-ethyl adjacent to an activating group) is 1. The fourth-order valence-electron chi connectivity index (χ4n) is 1.56. The van der Waals surface area contributed by atoms with E-state index in [9.17, 15) is 9.59 Å². The molecule has 106 valence electrons. The molecule has 19 heavy (non-hydrogen) atoms. The van der Waals surface area contributed by atoms with Crippen LogP contribution in [0.1, 0.15) is 23.1 Å². The summed E-state index contributed by atoms with van der Waals surface area (Å²) in [4.78, 5) is 26.2. The van der Waals surface area contributed by atoms with Gasteiger partial charge in [-0.1, -0.05) is 6.92 Å². The Kier molecular flexibility index (Phi) is 6.52. The van der Waals surface area contributed by atoms with Crippen molar-refractivity contribution in [2.75, 3.05) is 20.1 Å². The second kappa shape index (κ2) is 7.91. The Balaban J connectivity index is 2.25. The lowest BCUT2D eigenvalue weighted by Gasteiger charge is -2.14. The number of aliphatic carboxylic acids is 1. The summed E-state index contributed by atoms with van der Waals surface area (Å²) in [7, 11) is 1.74. The van der Waals surface area contributed by atoms with Crippen molar-refractivity contribution < 1.29 is 14.7 Å². The Hall–Kier alpha value is -1.40. The van der Waals surface area contributed by atoms with Crippen molar-refractivity contribution in [3.05, 3.63) is 21.9 Å². The molecule has 0 aliphatic carbocycles. The van der Waals surface area contributed by atoms with Gasteiger partial charge in [-0.25, -0.2) is 0 Å². The Labute approximate surface area is 117 Å². The van der Waals surface area contributed by atoms with Crippen LogP contribution >= 0.6 is 11.3 Å². The third-order valence-corrected chi connectivity index (χ3v) is 3.88. The summed E-state index contributed by atoms with van der Waals surface area (Å²) in [6, 6.07) is 4.10. The van der Waals surface area contributed by atoms with Gasteiger partial charge in [0.25, 0.3) is 0 Å². The number of carboxylic acid groups (broad SMARTS) is 1. The maximum atomic E-state index is 11.7. The van der Waals surface area contributed by atoms with Crippen molar-refractivity contribution >= 4 is 23.2 Å². The number of carbonyl (C=O) groups excluding carboxylic acids is 1. The summed E-state index contributed by atoms with van der Waals surface area (Å²) >= 11 is 1.70. The molecule has 0 aliphatic rings. The highest BCUT2D eigenvalue weighted by Gasteiger charge is 2.08. The average molecular weight is 284 g/mol. The number of thiophene rings is 1. The molecule has 0 bridgehead atoms. The summed E-state index contributed by atoms with van der Waals surface area (Å²) in [6.45, 7) is 3.24.